The number of nitrogen functional groups attached to an aromatic ring is 1. The highest BCUT2D eigenvalue weighted by molar-refractivity contribution is 5.78. The summed E-state index contributed by atoms with van der Waals surface area (Å²) in [5, 5.41) is 16.4. The summed E-state index contributed by atoms with van der Waals surface area (Å²) in [5.74, 6) is -1.23. The first-order valence-electron chi connectivity index (χ1n) is 7.86. The molecule has 3 N–H and O–H groups in total. The van der Waals surface area contributed by atoms with E-state index < -0.39 is 12.1 Å². The fourth-order valence-corrected chi connectivity index (χ4v) is 2.22. The van der Waals surface area contributed by atoms with Crippen LogP contribution in [0.5, 0.6) is 5.75 Å². The number of nitrogens with zero attached hydrogens (tertiary/aromatic N) is 2. The lowest BCUT2D eigenvalue weighted by Crippen LogP contribution is -2.21. The van der Waals surface area contributed by atoms with Crippen molar-refractivity contribution in [3.05, 3.63) is 54.3 Å². The maximum atomic E-state index is 10.6. The van der Waals surface area contributed by atoms with E-state index in [0.29, 0.717) is 22.6 Å². The number of benzene rings is 1. The van der Waals surface area contributed by atoms with Gasteiger partial charge in [0.15, 0.2) is 0 Å². The molecule has 0 fully saturated rings. The molecule has 2 heterocycles. The second-order valence-electron chi connectivity index (χ2n) is 5.44. The molecule has 0 atom stereocenters. The van der Waals surface area contributed by atoms with Crippen LogP contribution in [0.4, 0.5) is 19.0 Å². The quantitative estimate of drug-likeness (QED) is 0.672. The molecule has 10 heteroatoms. The van der Waals surface area contributed by atoms with Crippen molar-refractivity contribution in [2.45, 2.75) is 6.18 Å². The summed E-state index contributed by atoms with van der Waals surface area (Å²) in [5.41, 5.74) is 8.43. The number of aromatic nitrogens is 1. The molecule has 2 aromatic heterocycles. The van der Waals surface area contributed by atoms with Crippen molar-refractivity contribution < 1.29 is 32.2 Å². The Morgan fingerprint density at radius 1 is 1.28 bits per heavy atom. The number of halogens is 3. The Kier molecular flexibility index (Phi) is 6.46. The topological polar surface area (TPSA) is 122 Å². The lowest BCUT2D eigenvalue weighted by atomic mass is 10.0. The van der Waals surface area contributed by atoms with Crippen molar-refractivity contribution in [2.24, 2.45) is 0 Å². The summed E-state index contributed by atoms with van der Waals surface area (Å²) >= 11 is 0. The van der Waals surface area contributed by atoms with Gasteiger partial charge in [-0.25, -0.2) is 9.78 Å². The largest absolute Gasteiger partial charge is 0.497 e. The summed E-state index contributed by atoms with van der Waals surface area (Å²) in [6.07, 6.45) is -3.53. The molecule has 0 aliphatic carbocycles. The number of rotatable bonds is 3. The lowest BCUT2D eigenvalue weighted by Gasteiger charge is -2.08. The van der Waals surface area contributed by atoms with Gasteiger partial charge in [0.1, 0.15) is 29.0 Å². The van der Waals surface area contributed by atoms with Crippen molar-refractivity contribution >= 4 is 11.8 Å². The standard InChI is InChI=1S/C17H13N3O2.C2HF3O2/c1-21-12-6-4-11(5-7-12)15-9-13(16-3-2-8-22-16)14(10-18)17(19)20-15;3-2(4,5)1(6)7/h2-9H,1H3,(H2,19,20);(H,6,7). The van der Waals surface area contributed by atoms with Crippen LogP contribution in [0.15, 0.2) is 53.1 Å². The molecule has 0 saturated carbocycles. The molecule has 0 bridgehead atoms. The van der Waals surface area contributed by atoms with E-state index in [-0.39, 0.29) is 5.82 Å². The number of methoxy groups -OCH3 is 1. The van der Waals surface area contributed by atoms with Crippen LogP contribution in [0, 0.1) is 11.3 Å². The van der Waals surface area contributed by atoms with E-state index in [2.05, 4.69) is 11.1 Å². The zero-order valence-corrected chi connectivity index (χ0v) is 14.9. The first-order chi connectivity index (χ1) is 13.7. The Morgan fingerprint density at radius 3 is 2.34 bits per heavy atom. The summed E-state index contributed by atoms with van der Waals surface area (Å²) in [7, 11) is 1.61. The van der Waals surface area contributed by atoms with E-state index in [1.165, 1.54) is 0 Å². The van der Waals surface area contributed by atoms with Crippen LogP contribution in [-0.4, -0.2) is 29.3 Å². The average molecular weight is 405 g/mol. The van der Waals surface area contributed by atoms with Gasteiger partial charge in [-0.2, -0.15) is 18.4 Å². The zero-order chi connectivity index (χ0) is 21.6. The van der Waals surface area contributed by atoms with Crippen molar-refractivity contribution in [3.63, 3.8) is 0 Å². The summed E-state index contributed by atoms with van der Waals surface area (Å²) in [6, 6.07) is 14.9. The maximum Gasteiger partial charge on any atom is 0.490 e. The molecule has 0 aliphatic rings. The van der Waals surface area contributed by atoms with Gasteiger partial charge in [0.25, 0.3) is 0 Å². The van der Waals surface area contributed by atoms with Crippen molar-refractivity contribution in [1.82, 2.24) is 4.98 Å². The number of carboxylic acid groups (broad SMARTS) is 1. The number of carboxylic acids is 1. The Hall–Kier alpha value is -4.00. The third-order valence-corrected chi connectivity index (χ3v) is 3.57. The summed E-state index contributed by atoms with van der Waals surface area (Å²) < 4.78 is 42.3. The van der Waals surface area contributed by atoms with Crippen LogP contribution in [0.2, 0.25) is 0 Å². The Bertz CT molecular complexity index is 1020. The van der Waals surface area contributed by atoms with Crippen LogP contribution in [-0.2, 0) is 4.79 Å². The molecule has 0 amide bonds. The van der Waals surface area contributed by atoms with Crippen LogP contribution in [0.1, 0.15) is 5.56 Å². The van der Waals surface area contributed by atoms with Crippen molar-refractivity contribution in [3.8, 4) is 34.4 Å². The number of nitriles is 1. The molecule has 150 valence electrons. The summed E-state index contributed by atoms with van der Waals surface area (Å²) in [6.45, 7) is 0. The first-order valence-corrected chi connectivity index (χ1v) is 7.86. The third kappa shape index (κ3) is 5.26. The number of hydrogen-bond acceptors (Lipinski definition) is 6. The molecule has 3 rings (SSSR count). The highest BCUT2D eigenvalue weighted by Gasteiger charge is 2.38. The van der Waals surface area contributed by atoms with Gasteiger partial charge in [0, 0.05) is 11.1 Å². The highest BCUT2D eigenvalue weighted by Crippen LogP contribution is 2.31. The minimum absolute atomic E-state index is 0.183. The van der Waals surface area contributed by atoms with Crippen LogP contribution < -0.4 is 10.5 Å². The number of alkyl halides is 3. The molecular weight excluding hydrogens is 391 g/mol. The molecule has 0 aliphatic heterocycles. The van der Waals surface area contributed by atoms with Gasteiger partial charge in [0.2, 0.25) is 0 Å². The molecule has 3 aromatic rings. The predicted octanol–water partition coefficient (Wildman–Crippen LogP) is 4.10. The van der Waals surface area contributed by atoms with Gasteiger partial charge in [-0.3, -0.25) is 0 Å². The number of anilines is 1. The van der Waals surface area contributed by atoms with Gasteiger partial charge in [-0.1, -0.05) is 0 Å². The van der Waals surface area contributed by atoms with E-state index in [4.69, 9.17) is 24.8 Å². The van der Waals surface area contributed by atoms with Crippen LogP contribution >= 0.6 is 0 Å². The smallest absolute Gasteiger partial charge is 0.490 e. The number of nitrogens with two attached hydrogens (primary N) is 1. The minimum Gasteiger partial charge on any atom is -0.497 e. The van der Waals surface area contributed by atoms with Gasteiger partial charge in [-0.15, -0.1) is 0 Å². The minimum atomic E-state index is -5.08. The van der Waals surface area contributed by atoms with Crippen molar-refractivity contribution in [1.29, 1.82) is 5.26 Å². The van der Waals surface area contributed by atoms with E-state index in [9.17, 15) is 18.4 Å². The molecule has 0 saturated heterocycles. The monoisotopic (exact) mass is 405 g/mol. The Labute approximate surface area is 162 Å². The number of pyridine rings is 1. The number of aliphatic carboxylic acids is 1. The highest BCUT2D eigenvalue weighted by atomic mass is 19.4. The third-order valence-electron chi connectivity index (χ3n) is 3.57. The number of ether oxygens (including phenoxy) is 1. The maximum absolute atomic E-state index is 10.6. The Morgan fingerprint density at radius 2 is 1.90 bits per heavy atom. The van der Waals surface area contributed by atoms with Gasteiger partial charge in [-0.05, 0) is 42.5 Å². The molecule has 29 heavy (non-hydrogen) atoms. The van der Waals surface area contributed by atoms with Gasteiger partial charge < -0.3 is 20.0 Å². The predicted molar refractivity (Wildman–Crippen MR) is 96.7 cm³/mol. The molecule has 1 aromatic carbocycles. The molecule has 0 spiro atoms. The van der Waals surface area contributed by atoms with Gasteiger partial charge >= 0.3 is 12.1 Å². The summed E-state index contributed by atoms with van der Waals surface area (Å²) in [4.78, 5) is 13.2. The molecule has 0 unspecified atom stereocenters. The lowest BCUT2D eigenvalue weighted by molar-refractivity contribution is -0.192. The molecule has 7 nitrogen and oxygen atoms in total. The van der Waals surface area contributed by atoms with Crippen molar-refractivity contribution in [2.75, 3.05) is 12.8 Å². The normalized spacial score (nSPS) is 10.4. The van der Waals surface area contributed by atoms with E-state index in [1.54, 1.807) is 31.6 Å². The molecule has 0 radical (unpaired) electrons. The number of carbonyl (C=O) groups is 1. The fourth-order valence-electron chi connectivity index (χ4n) is 2.22. The van der Waals surface area contributed by atoms with Crippen LogP contribution in [0.3, 0.4) is 0 Å². The second-order valence-corrected chi connectivity index (χ2v) is 5.44. The van der Waals surface area contributed by atoms with Gasteiger partial charge in [0.05, 0.1) is 19.1 Å². The fraction of sp³-hybridized carbons (Fsp3) is 0.105. The zero-order valence-electron chi connectivity index (χ0n) is 14.9. The number of hydrogen-bond donors (Lipinski definition) is 2. The average Bonchev–Trinajstić information content (AvgIpc) is 3.22. The van der Waals surface area contributed by atoms with E-state index in [0.717, 1.165) is 11.3 Å². The van der Waals surface area contributed by atoms with E-state index in [1.807, 2.05) is 24.3 Å². The number of furan rings is 1. The van der Waals surface area contributed by atoms with Crippen LogP contribution in [0.25, 0.3) is 22.6 Å². The first kappa shape index (κ1) is 21.3. The SMILES string of the molecule is COc1ccc(-c2cc(-c3ccco3)c(C#N)c(N)n2)cc1.O=C(O)C(F)(F)F. The second kappa shape index (κ2) is 8.79. The molecular formula is C19H14F3N3O4. The Balaban J connectivity index is 0.000000370. The van der Waals surface area contributed by atoms with E-state index >= 15 is 0 Å².